The molecule has 0 aromatic heterocycles. The number of hydrogen-bond acceptors (Lipinski definition) is 1. The third-order valence-corrected chi connectivity index (χ3v) is 3.77. The summed E-state index contributed by atoms with van der Waals surface area (Å²) in [6.07, 6.45) is 6.99. The Morgan fingerprint density at radius 1 is 0.889 bits per heavy atom. The Balaban J connectivity index is 2.28. The van der Waals surface area contributed by atoms with Crippen molar-refractivity contribution in [3.05, 3.63) is 107 Å². The topological polar surface area (TPSA) is 17.1 Å². The Labute approximate surface area is 156 Å². The molecule has 0 unspecified atom stereocenters. The van der Waals surface area contributed by atoms with Gasteiger partial charge in [-0.3, -0.25) is 4.79 Å². The molecule has 2 aromatic rings. The van der Waals surface area contributed by atoms with Crippen molar-refractivity contribution in [1.29, 1.82) is 0 Å². The highest BCUT2D eigenvalue weighted by atomic mass is 19.4. The highest BCUT2D eigenvalue weighted by Crippen LogP contribution is 2.29. The molecule has 0 aliphatic rings. The van der Waals surface area contributed by atoms with Crippen LogP contribution < -0.4 is 0 Å². The Morgan fingerprint density at radius 2 is 1.56 bits per heavy atom. The number of alkyl halides is 3. The van der Waals surface area contributed by atoms with E-state index in [2.05, 4.69) is 0 Å². The predicted molar refractivity (Wildman–Crippen MR) is 104 cm³/mol. The summed E-state index contributed by atoms with van der Waals surface area (Å²) in [4.78, 5) is 10.5. The van der Waals surface area contributed by atoms with Crippen molar-refractivity contribution in [1.82, 2.24) is 0 Å². The number of aldehydes is 1. The van der Waals surface area contributed by atoms with Crippen LogP contribution in [-0.2, 0) is 11.0 Å². The number of hydrogen-bond donors (Lipinski definition) is 0. The SMILES string of the molecule is CC(/C=C/C=C(/C=C/c1ccc(C(F)(F)F)cc1)c1ccccc1)=C\C=O. The van der Waals surface area contributed by atoms with E-state index < -0.39 is 11.7 Å². The summed E-state index contributed by atoms with van der Waals surface area (Å²) >= 11 is 0. The van der Waals surface area contributed by atoms with Gasteiger partial charge in [-0.1, -0.05) is 72.8 Å². The van der Waals surface area contributed by atoms with E-state index in [1.165, 1.54) is 18.2 Å². The highest BCUT2D eigenvalue weighted by molar-refractivity contribution is 5.80. The Bertz CT molecular complexity index is 868. The van der Waals surface area contributed by atoms with Crippen LogP contribution in [0.4, 0.5) is 13.2 Å². The number of rotatable bonds is 6. The Hall–Kier alpha value is -3.14. The van der Waals surface area contributed by atoms with Crippen LogP contribution in [0.25, 0.3) is 11.6 Å². The molecule has 0 aliphatic heterocycles. The molecule has 0 atom stereocenters. The van der Waals surface area contributed by atoms with E-state index in [0.29, 0.717) is 5.56 Å². The fourth-order valence-electron chi connectivity index (χ4n) is 2.31. The molecule has 0 fully saturated rings. The van der Waals surface area contributed by atoms with E-state index in [1.54, 1.807) is 6.08 Å². The van der Waals surface area contributed by atoms with Crippen LogP contribution in [0.2, 0.25) is 0 Å². The highest BCUT2D eigenvalue weighted by Gasteiger charge is 2.29. The zero-order chi connectivity index (χ0) is 19.7. The zero-order valence-electron chi connectivity index (χ0n) is 14.8. The van der Waals surface area contributed by atoms with E-state index in [0.717, 1.165) is 35.1 Å². The van der Waals surface area contributed by atoms with Crippen molar-refractivity contribution >= 4 is 17.9 Å². The normalized spacial score (nSPS) is 13.5. The van der Waals surface area contributed by atoms with Crippen LogP contribution in [0.1, 0.15) is 23.6 Å². The average molecular weight is 368 g/mol. The molecular formula is C23H19F3O. The van der Waals surface area contributed by atoms with Crippen molar-refractivity contribution in [2.75, 3.05) is 0 Å². The minimum absolute atomic E-state index is 0.668. The molecule has 1 nitrogen and oxygen atoms in total. The lowest BCUT2D eigenvalue weighted by molar-refractivity contribution is -0.137. The molecule has 0 bridgehead atoms. The van der Waals surface area contributed by atoms with Crippen molar-refractivity contribution in [2.24, 2.45) is 0 Å². The zero-order valence-corrected chi connectivity index (χ0v) is 14.8. The van der Waals surface area contributed by atoms with Crippen LogP contribution in [0.15, 0.2) is 90.6 Å². The van der Waals surface area contributed by atoms with Gasteiger partial charge in [0.2, 0.25) is 0 Å². The molecule has 0 saturated heterocycles. The van der Waals surface area contributed by atoms with Crippen molar-refractivity contribution in [2.45, 2.75) is 13.1 Å². The van der Waals surface area contributed by atoms with Crippen LogP contribution in [0.3, 0.4) is 0 Å². The summed E-state index contributed by atoms with van der Waals surface area (Å²) in [7, 11) is 0. The van der Waals surface area contributed by atoms with Gasteiger partial charge in [-0.15, -0.1) is 0 Å². The van der Waals surface area contributed by atoms with Gasteiger partial charge in [0, 0.05) is 0 Å². The Morgan fingerprint density at radius 3 is 2.15 bits per heavy atom. The van der Waals surface area contributed by atoms with Gasteiger partial charge in [-0.2, -0.15) is 13.2 Å². The molecule has 27 heavy (non-hydrogen) atoms. The quantitative estimate of drug-likeness (QED) is 0.323. The van der Waals surface area contributed by atoms with Crippen LogP contribution >= 0.6 is 0 Å². The fourth-order valence-corrected chi connectivity index (χ4v) is 2.31. The Kier molecular flexibility index (Phi) is 7.12. The lowest BCUT2D eigenvalue weighted by atomic mass is 10.0. The smallest absolute Gasteiger partial charge is 0.299 e. The second kappa shape index (κ2) is 9.53. The second-order valence-corrected chi connectivity index (χ2v) is 5.85. The van der Waals surface area contributed by atoms with Crippen molar-refractivity contribution in [3.63, 3.8) is 0 Å². The molecular weight excluding hydrogens is 349 g/mol. The van der Waals surface area contributed by atoms with Gasteiger partial charge in [0.15, 0.2) is 0 Å². The average Bonchev–Trinajstić information content (AvgIpc) is 2.65. The number of carbonyl (C=O) groups is 1. The van der Waals surface area contributed by atoms with Crippen molar-refractivity contribution < 1.29 is 18.0 Å². The van der Waals surface area contributed by atoms with E-state index in [1.807, 2.05) is 61.6 Å². The third-order valence-electron chi connectivity index (χ3n) is 3.77. The predicted octanol–water partition coefficient (Wildman–Crippen LogP) is 6.50. The molecule has 0 N–H and O–H groups in total. The van der Waals surface area contributed by atoms with Crippen LogP contribution in [0, 0.1) is 0 Å². The van der Waals surface area contributed by atoms with Crippen molar-refractivity contribution in [3.8, 4) is 0 Å². The first-order valence-electron chi connectivity index (χ1n) is 8.31. The summed E-state index contributed by atoms with van der Waals surface area (Å²) in [5, 5.41) is 0. The second-order valence-electron chi connectivity index (χ2n) is 5.85. The van der Waals surface area contributed by atoms with Gasteiger partial charge in [0.25, 0.3) is 0 Å². The maximum Gasteiger partial charge on any atom is 0.416 e. The third kappa shape index (κ3) is 6.59. The summed E-state index contributed by atoms with van der Waals surface area (Å²) in [6, 6.07) is 14.7. The first kappa shape index (κ1) is 20.2. The summed E-state index contributed by atoms with van der Waals surface area (Å²) in [5.74, 6) is 0. The van der Waals surface area contributed by atoms with E-state index >= 15 is 0 Å². The number of benzene rings is 2. The first-order chi connectivity index (χ1) is 12.9. The maximum absolute atomic E-state index is 12.7. The number of carbonyl (C=O) groups excluding carboxylic acids is 1. The van der Waals surface area contributed by atoms with E-state index in [-0.39, 0.29) is 0 Å². The molecule has 0 spiro atoms. The van der Waals surface area contributed by atoms with Gasteiger partial charge in [-0.25, -0.2) is 0 Å². The van der Waals surface area contributed by atoms with Gasteiger partial charge >= 0.3 is 6.18 Å². The molecule has 2 rings (SSSR count). The van der Waals surface area contributed by atoms with Gasteiger partial charge < -0.3 is 0 Å². The molecule has 2 aromatic carbocycles. The molecule has 0 radical (unpaired) electrons. The molecule has 4 heteroatoms. The minimum Gasteiger partial charge on any atom is -0.299 e. The minimum atomic E-state index is -4.34. The standard InChI is InChI=1S/C23H19F3O/c1-18(16-17-27)6-5-9-21(20-7-3-2-4-8-20)13-10-19-11-14-22(15-12-19)23(24,25)26/h2-17H,1H3/b6-5+,13-10+,18-16+,21-9-. The summed E-state index contributed by atoms with van der Waals surface area (Å²) in [6.45, 7) is 1.82. The van der Waals surface area contributed by atoms with Gasteiger partial charge in [-0.05, 0) is 47.4 Å². The molecule has 0 amide bonds. The lowest BCUT2D eigenvalue weighted by Crippen LogP contribution is -2.03. The molecule has 0 saturated carbocycles. The monoisotopic (exact) mass is 368 g/mol. The lowest BCUT2D eigenvalue weighted by Gasteiger charge is -2.06. The largest absolute Gasteiger partial charge is 0.416 e. The number of halogens is 3. The summed E-state index contributed by atoms with van der Waals surface area (Å²) < 4.78 is 38.0. The maximum atomic E-state index is 12.7. The molecule has 138 valence electrons. The summed E-state index contributed by atoms with van der Waals surface area (Å²) in [5.41, 5.74) is 2.69. The molecule has 0 heterocycles. The van der Waals surface area contributed by atoms with Gasteiger partial charge in [0.05, 0.1) is 5.56 Å². The van der Waals surface area contributed by atoms with E-state index in [4.69, 9.17) is 0 Å². The van der Waals surface area contributed by atoms with E-state index in [9.17, 15) is 18.0 Å². The fraction of sp³-hybridized carbons (Fsp3) is 0.0870. The van der Waals surface area contributed by atoms with Gasteiger partial charge in [0.1, 0.15) is 6.29 Å². The first-order valence-corrected chi connectivity index (χ1v) is 8.31. The van der Waals surface area contributed by atoms with Crippen LogP contribution in [0.5, 0.6) is 0 Å². The molecule has 0 aliphatic carbocycles. The number of allylic oxidation sites excluding steroid dienone is 7. The van der Waals surface area contributed by atoms with Crippen LogP contribution in [-0.4, -0.2) is 6.29 Å².